The van der Waals surface area contributed by atoms with Crippen molar-refractivity contribution in [2.75, 3.05) is 19.7 Å². The number of hydrogen-bond donors (Lipinski definition) is 1. The predicted molar refractivity (Wildman–Crippen MR) is 80.6 cm³/mol. The number of aliphatic hydroxyl groups is 1. The second kappa shape index (κ2) is 6.12. The number of imidazole rings is 1. The van der Waals surface area contributed by atoms with E-state index in [4.69, 9.17) is 0 Å². The van der Waals surface area contributed by atoms with E-state index in [2.05, 4.69) is 16.8 Å². The van der Waals surface area contributed by atoms with Gasteiger partial charge in [0.1, 0.15) is 11.6 Å². The zero-order valence-corrected chi connectivity index (χ0v) is 12.4. The van der Waals surface area contributed by atoms with Crippen molar-refractivity contribution in [3.05, 3.63) is 29.8 Å². The second-order valence-electron chi connectivity index (χ2n) is 5.65. The Labute approximate surface area is 124 Å². The van der Waals surface area contributed by atoms with Gasteiger partial charge in [0, 0.05) is 12.6 Å². The van der Waals surface area contributed by atoms with E-state index in [1.807, 2.05) is 4.57 Å². The van der Waals surface area contributed by atoms with Crippen molar-refractivity contribution >= 4 is 11.0 Å². The van der Waals surface area contributed by atoms with Crippen LogP contribution in [0.4, 0.5) is 4.39 Å². The maximum Gasteiger partial charge on any atom is 0.127 e. The van der Waals surface area contributed by atoms with E-state index >= 15 is 0 Å². The smallest absolute Gasteiger partial charge is 0.127 e. The molecule has 1 atom stereocenters. The fourth-order valence-electron chi connectivity index (χ4n) is 3.37. The lowest BCUT2D eigenvalue weighted by atomic mass is 10.2. The molecular weight excluding hydrogens is 269 g/mol. The molecule has 2 heterocycles. The Kier molecular flexibility index (Phi) is 4.22. The Bertz CT molecular complexity index is 619. The van der Waals surface area contributed by atoms with Crippen molar-refractivity contribution in [2.45, 2.75) is 38.8 Å². The summed E-state index contributed by atoms with van der Waals surface area (Å²) in [5.74, 6) is 0.686. The molecule has 5 heteroatoms. The van der Waals surface area contributed by atoms with E-state index < -0.39 is 0 Å². The molecule has 1 N–H and O–H groups in total. The summed E-state index contributed by atoms with van der Waals surface area (Å²) in [6.07, 6.45) is 3.42. The normalized spacial score (nSPS) is 17.7. The highest BCUT2D eigenvalue weighted by Crippen LogP contribution is 2.30. The van der Waals surface area contributed by atoms with Gasteiger partial charge in [0.15, 0.2) is 0 Å². The van der Waals surface area contributed by atoms with Crippen LogP contribution >= 0.6 is 0 Å². The maximum atomic E-state index is 13.4. The van der Waals surface area contributed by atoms with E-state index in [-0.39, 0.29) is 18.5 Å². The lowest BCUT2D eigenvalue weighted by Gasteiger charge is -2.26. The third kappa shape index (κ3) is 2.68. The summed E-state index contributed by atoms with van der Waals surface area (Å²) in [7, 11) is 0. The van der Waals surface area contributed by atoms with Gasteiger partial charge in [-0.15, -0.1) is 0 Å². The van der Waals surface area contributed by atoms with Crippen LogP contribution in [0.1, 0.15) is 38.1 Å². The van der Waals surface area contributed by atoms with Crippen LogP contribution in [0.3, 0.4) is 0 Å². The first-order valence-corrected chi connectivity index (χ1v) is 7.75. The number of benzene rings is 1. The van der Waals surface area contributed by atoms with Crippen molar-refractivity contribution < 1.29 is 9.50 Å². The first-order chi connectivity index (χ1) is 10.2. The number of likely N-dealkylation sites (tertiary alicyclic amines) is 1. The first kappa shape index (κ1) is 14.5. The lowest BCUT2D eigenvalue weighted by molar-refractivity contribution is 0.218. The number of halogens is 1. The van der Waals surface area contributed by atoms with E-state index in [1.54, 1.807) is 6.07 Å². The van der Waals surface area contributed by atoms with Crippen LogP contribution in [-0.2, 0) is 6.54 Å². The first-order valence-electron chi connectivity index (χ1n) is 7.75. The number of fused-ring (bicyclic) bond motifs is 1. The van der Waals surface area contributed by atoms with Gasteiger partial charge in [-0.05, 0) is 44.5 Å². The molecule has 1 fully saturated rings. The summed E-state index contributed by atoms with van der Waals surface area (Å²) >= 11 is 0. The molecule has 0 aliphatic carbocycles. The number of nitrogens with zero attached hydrogens (tertiary/aromatic N) is 3. The molecule has 0 radical (unpaired) electrons. The monoisotopic (exact) mass is 291 g/mol. The van der Waals surface area contributed by atoms with Crippen LogP contribution in [-0.4, -0.2) is 39.3 Å². The Morgan fingerprint density at radius 3 is 2.76 bits per heavy atom. The third-order valence-electron chi connectivity index (χ3n) is 4.33. The summed E-state index contributed by atoms with van der Waals surface area (Å²) in [6, 6.07) is 4.93. The zero-order chi connectivity index (χ0) is 14.8. The molecule has 0 spiro atoms. The largest absolute Gasteiger partial charge is 0.395 e. The van der Waals surface area contributed by atoms with Gasteiger partial charge in [-0.25, -0.2) is 9.37 Å². The Hall–Kier alpha value is -1.46. The molecule has 1 aromatic carbocycles. The predicted octanol–water partition coefficient (Wildman–Crippen LogP) is 2.71. The van der Waals surface area contributed by atoms with Crippen LogP contribution in [0.2, 0.25) is 0 Å². The summed E-state index contributed by atoms with van der Waals surface area (Å²) in [5, 5.41) is 9.36. The Balaban J connectivity index is 2.08. The highest BCUT2D eigenvalue weighted by molar-refractivity contribution is 5.76. The van der Waals surface area contributed by atoms with Crippen LogP contribution in [0, 0.1) is 5.82 Å². The molecule has 1 unspecified atom stereocenters. The minimum Gasteiger partial charge on any atom is -0.395 e. The standard InChI is InChI=1S/C16H22FN3O/c1-2-14(19-7-3-4-8-19)16-18-13-11-12(17)5-6-15(13)20(16)9-10-21/h5-6,11,14,21H,2-4,7-10H2,1H3. The Morgan fingerprint density at radius 1 is 1.33 bits per heavy atom. The molecule has 1 aliphatic heterocycles. The molecule has 1 aliphatic rings. The van der Waals surface area contributed by atoms with Crippen LogP contribution in [0.25, 0.3) is 11.0 Å². The molecular formula is C16H22FN3O. The molecule has 0 saturated carbocycles. The van der Waals surface area contributed by atoms with E-state index in [0.717, 1.165) is 30.9 Å². The van der Waals surface area contributed by atoms with E-state index in [1.165, 1.54) is 25.0 Å². The fraction of sp³-hybridized carbons (Fsp3) is 0.562. The van der Waals surface area contributed by atoms with Crippen LogP contribution in [0.5, 0.6) is 0 Å². The average Bonchev–Trinajstić information content (AvgIpc) is 3.10. The van der Waals surface area contributed by atoms with Gasteiger partial charge < -0.3 is 9.67 Å². The van der Waals surface area contributed by atoms with Gasteiger partial charge >= 0.3 is 0 Å². The van der Waals surface area contributed by atoms with Crippen molar-refractivity contribution in [3.8, 4) is 0 Å². The highest BCUT2D eigenvalue weighted by atomic mass is 19.1. The number of aliphatic hydroxyl groups excluding tert-OH is 1. The summed E-state index contributed by atoms with van der Waals surface area (Å²) in [4.78, 5) is 7.13. The molecule has 1 saturated heterocycles. The molecule has 2 aromatic rings. The van der Waals surface area contributed by atoms with Crippen molar-refractivity contribution in [2.24, 2.45) is 0 Å². The van der Waals surface area contributed by atoms with Gasteiger partial charge in [-0.3, -0.25) is 4.90 Å². The van der Waals surface area contributed by atoms with Gasteiger partial charge in [0.25, 0.3) is 0 Å². The van der Waals surface area contributed by atoms with Crippen molar-refractivity contribution in [1.29, 1.82) is 0 Å². The highest BCUT2D eigenvalue weighted by Gasteiger charge is 2.26. The van der Waals surface area contributed by atoms with Gasteiger partial charge in [-0.1, -0.05) is 6.92 Å². The molecule has 4 nitrogen and oxygen atoms in total. The second-order valence-corrected chi connectivity index (χ2v) is 5.65. The number of rotatable bonds is 5. The Morgan fingerprint density at radius 2 is 2.10 bits per heavy atom. The van der Waals surface area contributed by atoms with Gasteiger partial charge in [0.2, 0.25) is 0 Å². The average molecular weight is 291 g/mol. The molecule has 1 aromatic heterocycles. The SMILES string of the molecule is CCC(c1nc2cc(F)ccc2n1CCO)N1CCCC1. The molecule has 3 rings (SSSR count). The lowest BCUT2D eigenvalue weighted by Crippen LogP contribution is -2.28. The number of aromatic nitrogens is 2. The van der Waals surface area contributed by atoms with E-state index in [9.17, 15) is 9.50 Å². The van der Waals surface area contributed by atoms with Gasteiger partial charge in [0.05, 0.1) is 23.7 Å². The van der Waals surface area contributed by atoms with Crippen molar-refractivity contribution in [3.63, 3.8) is 0 Å². The minimum absolute atomic E-state index is 0.0618. The number of hydrogen-bond acceptors (Lipinski definition) is 3. The van der Waals surface area contributed by atoms with Crippen molar-refractivity contribution in [1.82, 2.24) is 14.5 Å². The zero-order valence-electron chi connectivity index (χ0n) is 12.4. The molecule has 0 amide bonds. The minimum atomic E-state index is -0.267. The van der Waals surface area contributed by atoms with Crippen LogP contribution < -0.4 is 0 Å². The van der Waals surface area contributed by atoms with Crippen LogP contribution in [0.15, 0.2) is 18.2 Å². The fourth-order valence-corrected chi connectivity index (χ4v) is 3.37. The molecule has 0 bridgehead atoms. The molecule has 114 valence electrons. The molecule has 21 heavy (non-hydrogen) atoms. The quantitative estimate of drug-likeness (QED) is 0.921. The summed E-state index contributed by atoms with van der Waals surface area (Å²) in [6.45, 7) is 4.91. The summed E-state index contributed by atoms with van der Waals surface area (Å²) in [5.41, 5.74) is 1.58. The summed E-state index contributed by atoms with van der Waals surface area (Å²) < 4.78 is 15.5. The maximum absolute atomic E-state index is 13.4. The topological polar surface area (TPSA) is 41.3 Å². The van der Waals surface area contributed by atoms with E-state index in [0.29, 0.717) is 12.1 Å². The van der Waals surface area contributed by atoms with Gasteiger partial charge in [-0.2, -0.15) is 0 Å². The third-order valence-corrected chi connectivity index (χ3v) is 4.33.